The van der Waals surface area contributed by atoms with Crippen molar-refractivity contribution < 1.29 is 5.11 Å². The Bertz CT molecular complexity index is 181. The Morgan fingerprint density at radius 2 is 2.00 bits per heavy atom. The first kappa shape index (κ1) is 11.7. The van der Waals surface area contributed by atoms with Gasteiger partial charge in [-0.1, -0.05) is 18.1 Å². The van der Waals surface area contributed by atoms with Crippen molar-refractivity contribution in [1.29, 1.82) is 0 Å². The van der Waals surface area contributed by atoms with Crippen LogP contribution in [0.4, 0.5) is 0 Å². The van der Waals surface area contributed by atoms with Crippen molar-refractivity contribution in [2.75, 3.05) is 19.6 Å². The summed E-state index contributed by atoms with van der Waals surface area (Å²) < 4.78 is 0. The maximum atomic E-state index is 9.15. The van der Waals surface area contributed by atoms with Gasteiger partial charge in [0.1, 0.15) is 0 Å². The Morgan fingerprint density at radius 3 is 2.57 bits per heavy atom. The molecule has 14 heavy (non-hydrogen) atoms. The number of hydrogen-bond acceptors (Lipinski definition) is 2. The van der Waals surface area contributed by atoms with Crippen LogP contribution in [-0.4, -0.2) is 35.7 Å². The fraction of sp³-hybridized carbons (Fsp3) is 0.833. The maximum Gasteiger partial charge on any atom is 0.0546 e. The van der Waals surface area contributed by atoms with E-state index in [1.807, 2.05) is 6.92 Å². The SMILES string of the molecule is CC(=CCC(C)O)CN1CCCCC1. The molecule has 1 rings (SSSR count). The predicted octanol–water partition coefficient (Wildman–Crippen LogP) is 2.19. The highest BCUT2D eigenvalue weighted by Crippen LogP contribution is 2.10. The van der Waals surface area contributed by atoms with Crippen LogP contribution in [0.5, 0.6) is 0 Å². The van der Waals surface area contributed by atoms with Crippen LogP contribution in [0.25, 0.3) is 0 Å². The second kappa shape index (κ2) is 6.20. The van der Waals surface area contributed by atoms with E-state index in [-0.39, 0.29) is 6.10 Å². The molecule has 1 aliphatic rings. The fourth-order valence-corrected chi connectivity index (χ4v) is 1.91. The number of rotatable bonds is 4. The van der Waals surface area contributed by atoms with Crippen LogP contribution < -0.4 is 0 Å². The van der Waals surface area contributed by atoms with Gasteiger partial charge in [-0.2, -0.15) is 0 Å². The van der Waals surface area contributed by atoms with E-state index in [9.17, 15) is 0 Å². The minimum Gasteiger partial charge on any atom is -0.393 e. The van der Waals surface area contributed by atoms with Gasteiger partial charge in [0.25, 0.3) is 0 Å². The molecule has 2 nitrogen and oxygen atoms in total. The third-order valence-electron chi connectivity index (χ3n) is 2.73. The summed E-state index contributed by atoms with van der Waals surface area (Å²) in [6.45, 7) is 7.59. The highest BCUT2D eigenvalue weighted by molar-refractivity contribution is 5.01. The summed E-state index contributed by atoms with van der Waals surface area (Å²) in [5, 5.41) is 9.15. The number of piperidine rings is 1. The first-order chi connectivity index (χ1) is 6.68. The van der Waals surface area contributed by atoms with Crippen molar-refractivity contribution in [1.82, 2.24) is 4.90 Å². The number of aliphatic hydroxyl groups is 1. The molecule has 0 aromatic heterocycles. The van der Waals surface area contributed by atoms with Gasteiger partial charge in [-0.15, -0.1) is 0 Å². The summed E-state index contributed by atoms with van der Waals surface area (Å²) in [4.78, 5) is 2.51. The molecule has 2 heteroatoms. The van der Waals surface area contributed by atoms with Gasteiger partial charge < -0.3 is 5.11 Å². The molecule has 0 aromatic rings. The Morgan fingerprint density at radius 1 is 1.36 bits per heavy atom. The molecule has 0 radical (unpaired) electrons. The van der Waals surface area contributed by atoms with Crippen LogP contribution in [-0.2, 0) is 0 Å². The van der Waals surface area contributed by atoms with Gasteiger partial charge in [-0.3, -0.25) is 4.90 Å². The maximum absolute atomic E-state index is 9.15. The van der Waals surface area contributed by atoms with E-state index in [0.717, 1.165) is 13.0 Å². The lowest BCUT2D eigenvalue weighted by Crippen LogP contribution is -2.31. The zero-order valence-corrected chi connectivity index (χ0v) is 9.50. The number of hydrogen-bond donors (Lipinski definition) is 1. The summed E-state index contributed by atoms with van der Waals surface area (Å²) in [5.41, 5.74) is 1.40. The second-order valence-electron chi connectivity index (χ2n) is 4.47. The van der Waals surface area contributed by atoms with Crippen molar-refractivity contribution in [2.45, 2.75) is 45.6 Å². The van der Waals surface area contributed by atoms with E-state index in [4.69, 9.17) is 5.11 Å². The molecule has 0 aromatic carbocycles. The largest absolute Gasteiger partial charge is 0.393 e. The normalized spacial score (nSPS) is 22.4. The molecular formula is C12H23NO. The molecule has 0 amide bonds. The summed E-state index contributed by atoms with van der Waals surface area (Å²) in [5.74, 6) is 0. The highest BCUT2D eigenvalue weighted by atomic mass is 16.3. The minimum atomic E-state index is -0.202. The molecule has 0 spiro atoms. The third kappa shape index (κ3) is 4.77. The Hall–Kier alpha value is -0.340. The summed E-state index contributed by atoms with van der Waals surface area (Å²) in [6, 6.07) is 0. The zero-order valence-electron chi connectivity index (χ0n) is 9.50. The quantitative estimate of drug-likeness (QED) is 0.698. The molecular weight excluding hydrogens is 174 g/mol. The van der Waals surface area contributed by atoms with E-state index in [1.165, 1.54) is 37.9 Å². The third-order valence-corrected chi connectivity index (χ3v) is 2.73. The van der Waals surface area contributed by atoms with Crippen molar-refractivity contribution in [3.8, 4) is 0 Å². The van der Waals surface area contributed by atoms with Crippen molar-refractivity contribution >= 4 is 0 Å². The van der Waals surface area contributed by atoms with E-state index < -0.39 is 0 Å². The van der Waals surface area contributed by atoms with E-state index in [1.54, 1.807) is 0 Å². The van der Waals surface area contributed by atoms with Crippen LogP contribution in [0.3, 0.4) is 0 Å². The summed E-state index contributed by atoms with van der Waals surface area (Å²) >= 11 is 0. The standard InChI is InChI=1S/C12H23NO/c1-11(6-7-12(2)14)10-13-8-4-3-5-9-13/h6,12,14H,3-5,7-10H2,1-2H3. The van der Waals surface area contributed by atoms with Crippen LogP contribution in [0.1, 0.15) is 39.5 Å². The Labute approximate surface area is 87.6 Å². The van der Waals surface area contributed by atoms with E-state index >= 15 is 0 Å². The number of aliphatic hydroxyl groups excluding tert-OH is 1. The van der Waals surface area contributed by atoms with Gasteiger partial charge >= 0.3 is 0 Å². The average molecular weight is 197 g/mol. The van der Waals surface area contributed by atoms with Gasteiger partial charge in [-0.25, -0.2) is 0 Å². The lowest BCUT2D eigenvalue weighted by molar-refractivity contribution is 0.197. The van der Waals surface area contributed by atoms with Crippen LogP contribution >= 0.6 is 0 Å². The molecule has 0 aliphatic carbocycles. The first-order valence-corrected chi connectivity index (χ1v) is 5.74. The zero-order chi connectivity index (χ0) is 10.4. The molecule has 1 aliphatic heterocycles. The van der Waals surface area contributed by atoms with Gasteiger partial charge in [0, 0.05) is 6.54 Å². The number of nitrogens with zero attached hydrogens (tertiary/aromatic N) is 1. The lowest BCUT2D eigenvalue weighted by Gasteiger charge is -2.26. The van der Waals surface area contributed by atoms with E-state index in [2.05, 4.69) is 17.9 Å². The average Bonchev–Trinajstić information content (AvgIpc) is 2.16. The molecule has 1 saturated heterocycles. The van der Waals surface area contributed by atoms with Crippen molar-refractivity contribution in [3.05, 3.63) is 11.6 Å². The summed E-state index contributed by atoms with van der Waals surface area (Å²) in [6.07, 6.45) is 6.85. The number of likely N-dealkylation sites (tertiary alicyclic amines) is 1. The van der Waals surface area contributed by atoms with Crippen molar-refractivity contribution in [2.24, 2.45) is 0 Å². The predicted molar refractivity (Wildman–Crippen MR) is 60.3 cm³/mol. The fourth-order valence-electron chi connectivity index (χ4n) is 1.91. The van der Waals surface area contributed by atoms with Gasteiger partial charge in [-0.05, 0) is 46.2 Å². The van der Waals surface area contributed by atoms with E-state index in [0.29, 0.717) is 0 Å². The van der Waals surface area contributed by atoms with Crippen LogP contribution in [0.2, 0.25) is 0 Å². The molecule has 1 N–H and O–H groups in total. The van der Waals surface area contributed by atoms with Crippen LogP contribution in [0, 0.1) is 0 Å². The second-order valence-corrected chi connectivity index (χ2v) is 4.47. The molecule has 1 heterocycles. The molecule has 1 fully saturated rings. The first-order valence-electron chi connectivity index (χ1n) is 5.74. The molecule has 0 saturated carbocycles. The monoisotopic (exact) mass is 197 g/mol. The Balaban J connectivity index is 2.24. The molecule has 0 bridgehead atoms. The lowest BCUT2D eigenvalue weighted by atomic mass is 10.1. The molecule has 1 atom stereocenters. The van der Waals surface area contributed by atoms with Crippen molar-refractivity contribution in [3.63, 3.8) is 0 Å². The van der Waals surface area contributed by atoms with Gasteiger partial charge in [0.2, 0.25) is 0 Å². The van der Waals surface area contributed by atoms with Gasteiger partial charge in [0.05, 0.1) is 6.10 Å². The molecule has 82 valence electrons. The Kier molecular flexibility index (Phi) is 5.20. The summed E-state index contributed by atoms with van der Waals surface area (Å²) in [7, 11) is 0. The topological polar surface area (TPSA) is 23.5 Å². The van der Waals surface area contributed by atoms with Crippen LogP contribution in [0.15, 0.2) is 11.6 Å². The smallest absolute Gasteiger partial charge is 0.0546 e. The minimum absolute atomic E-state index is 0.202. The van der Waals surface area contributed by atoms with Gasteiger partial charge in [0.15, 0.2) is 0 Å². The molecule has 1 unspecified atom stereocenters. The highest BCUT2D eigenvalue weighted by Gasteiger charge is 2.09.